The molecule has 216 valence electrons. The second-order valence-electron chi connectivity index (χ2n) is 9.71. The number of nitrogens with zero attached hydrogens (tertiary/aromatic N) is 2. The van der Waals surface area contributed by atoms with Crippen LogP contribution in [0.15, 0.2) is 95.2 Å². The summed E-state index contributed by atoms with van der Waals surface area (Å²) in [6, 6.07) is 24.9. The zero-order chi connectivity index (χ0) is 28.4. The van der Waals surface area contributed by atoms with Crippen molar-refractivity contribution in [2.75, 3.05) is 35.1 Å². The van der Waals surface area contributed by atoms with Gasteiger partial charge in [-0.1, -0.05) is 24.3 Å². The minimum absolute atomic E-state index is 0. The molecule has 0 saturated carbocycles. The van der Waals surface area contributed by atoms with E-state index in [2.05, 4.69) is 14.9 Å². The topological polar surface area (TPSA) is 101 Å². The van der Waals surface area contributed by atoms with E-state index < -0.39 is 10.0 Å². The number of pyridine rings is 1. The second kappa shape index (κ2) is 12.4. The molecule has 0 atom stereocenters. The fourth-order valence-corrected chi connectivity index (χ4v) is 7.00. The van der Waals surface area contributed by atoms with Crippen LogP contribution in [0.2, 0.25) is 0 Å². The van der Waals surface area contributed by atoms with Gasteiger partial charge in [-0.3, -0.25) is 9.52 Å². The zero-order valence-electron chi connectivity index (χ0n) is 22.7. The molecule has 0 spiro atoms. The van der Waals surface area contributed by atoms with Crippen molar-refractivity contribution in [2.24, 2.45) is 0 Å². The predicted octanol–water partition coefficient (Wildman–Crippen LogP) is 7.05. The molecule has 1 aliphatic heterocycles. The van der Waals surface area contributed by atoms with E-state index >= 15 is 0 Å². The molecule has 5 aromatic rings. The Kier molecular flexibility index (Phi) is 8.67. The van der Waals surface area contributed by atoms with Gasteiger partial charge in [-0.2, -0.15) is 0 Å². The maximum Gasteiger partial charge on any atom is 0.264 e. The number of ether oxygens (including phenoxy) is 1. The van der Waals surface area contributed by atoms with Gasteiger partial charge in [-0.25, -0.2) is 13.4 Å². The summed E-state index contributed by atoms with van der Waals surface area (Å²) in [7, 11) is -2.43. The molecule has 0 bridgehead atoms. The van der Waals surface area contributed by atoms with Crippen molar-refractivity contribution in [2.45, 2.75) is 17.7 Å². The van der Waals surface area contributed by atoms with Crippen LogP contribution in [-0.4, -0.2) is 39.5 Å². The number of aromatic nitrogens is 1. The average Bonchev–Trinajstić information content (AvgIpc) is 3.72. The van der Waals surface area contributed by atoms with Gasteiger partial charge in [0.1, 0.15) is 10.6 Å². The molecule has 6 rings (SSSR count). The highest BCUT2D eigenvalue weighted by atomic mass is 35.5. The van der Waals surface area contributed by atoms with E-state index in [-0.39, 0.29) is 23.2 Å². The molecule has 2 N–H and O–H groups in total. The Bertz CT molecular complexity index is 1820. The SMILES string of the molecule is COc1ccc(NS(=O)(=O)c2cc(NC(=O)c3cc(-c4cccs4)nc4ccccc34)ccc2N2CCCC2)cc1.Cl. The van der Waals surface area contributed by atoms with Crippen LogP contribution in [0.25, 0.3) is 21.5 Å². The van der Waals surface area contributed by atoms with Gasteiger partial charge >= 0.3 is 0 Å². The molecule has 1 aliphatic rings. The smallest absolute Gasteiger partial charge is 0.264 e. The van der Waals surface area contributed by atoms with E-state index in [9.17, 15) is 13.2 Å². The van der Waals surface area contributed by atoms with Gasteiger partial charge in [-0.05, 0) is 78.9 Å². The second-order valence-corrected chi connectivity index (χ2v) is 12.3. The Morgan fingerprint density at radius 3 is 2.38 bits per heavy atom. The van der Waals surface area contributed by atoms with Gasteiger partial charge < -0.3 is 15.0 Å². The van der Waals surface area contributed by atoms with Crippen molar-refractivity contribution in [3.05, 3.63) is 95.9 Å². The fraction of sp³-hybridized carbons (Fsp3) is 0.161. The van der Waals surface area contributed by atoms with Crippen molar-refractivity contribution < 1.29 is 17.9 Å². The lowest BCUT2D eigenvalue weighted by molar-refractivity contribution is 0.102. The molecule has 3 heterocycles. The zero-order valence-corrected chi connectivity index (χ0v) is 25.2. The Balaban J connectivity index is 0.00000353. The summed E-state index contributed by atoms with van der Waals surface area (Å²) in [6.45, 7) is 1.54. The lowest BCUT2D eigenvalue weighted by atomic mass is 10.1. The normalized spacial score (nSPS) is 13.0. The number of nitrogens with one attached hydrogen (secondary N) is 2. The van der Waals surface area contributed by atoms with Crippen LogP contribution >= 0.6 is 23.7 Å². The van der Waals surface area contributed by atoms with E-state index in [1.807, 2.05) is 41.8 Å². The Hall–Kier alpha value is -4.12. The van der Waals surface area contributed by atoms with Crippen LogP contribution in [0.4, 0.5) is 17.1 Å². The number of sulfonamides is 1. The minimum Gasteiger partial charge on any atom is -0.497 e. The summed E-state index contributed by atoms with van der Waals surface area (Å²) in [5.74, 6) is 0.281. The number of hydrogen-bond donors (Lipinski definition) is 2. The Labute approximate surface area is 254 Å². The first-order valence-electron chi connectivity index (χ1n) is 13.2. The molecule has 2 aromatic heterocycles. The maximum atomic E-state index is 13.7. The molecule has 0 aliphatic carbocycles. The molecule has 1 saturated heterocycles. The van der Waals surface area contributed by atoms with Crippen molar-refractivity contribution >= 4 is 67.6 Å². The highest BCUT2D eigenvalue weighted by molar-refractivity contribution is 7.92. The van der Waals surface area contributed by atoms with Crippen LogP contribution < -0.4 is 19.7 Å². The number of para-hydroxylation sites is 1. The largest absolute Gasteiger partial charge is 0.497 e. The van der Waals surface area contributed by atoms with Crippen molar-refractivity contribution in [3.63, 3.8) is 0 Å². The van der Waals surface area contributed by atoms with Crippen LogP contribution in [-0.2, 0) is 10.0 Å². The number of methoxy groups -OCH3 is 1. The number of fused-ring (bicyclic) bond motifs is 1. The molecule has 1 amide bonds. The minimum atomic E-state index is -3.99. The van der Waals surface area contributed by atoms with Crippen molar-refractivity contribution in [1.82, 2.24) is 4.98 Å². The molecular formula is C31H29ClN4O4S2. The van der Waals surface area contributed by atoms with Crippen molar-refractivity contribution in [1.29, 1.82) is 0 Å². The summed E-state index contributed by atoms with van der Waals surface area (Å²) >= 11 is 1.55. The monoisotopic (exact) mass is 620 g/mol. The number of hydrogen-bond acceptors (Lipinski definition) is 7. The summed E-state index contributed by atoms with van der Waals surface area (Å²) in [4.78, 5) is 21.6. The summed E-state index contributed by atoms with van der Waals surface area (Å²) in [6.07, 6.45) is 1.98. The van der Waals surface area contributed by atoms with Gasteiger partial charge in [-0.15, -0.1) is 23.7 Å². The Morgan fingerprint density at radius 2 is 1.67 bits per heavy atom. The predicted molar refractivity (Wildman–Crippen MR) is 172 cm³/mol. The first kappa shape index (κ1) is 29.4. The molecule has 3 aromatic carbocycles. The average molecular weight is 621 g/mol. The molecule has 42 heavy (non-hydrogen) atoms. The quantitative estimate of drug-likeness (QED) is 0.193. The van der Waals surface area contributed by atoms with E-state index in [0.717, 1.165) is 30.8 Å². The molecule has 1 fully saturated rings. The van der Waals surface area contributed by atoms with Gasteiger partial charge in [0, 0.05) is 29.9 Å². The Morgan fingerprint density at radius 1 is 0.929 bits per heavy atom. The van der Waals surface area contributed by atoms with Gasteiger partial charge in [0.05, 0.1) is 34.4 Å². The third-order valence-corrected chi connectivity index (χ3v) is 9.33. The number of halogens is 1. The third-order valence-electron chi connectivity index (χ3n) is 7.03. The van der Waals surface area contributed by atoms with Crippen LogP contribution in [0.1, 0.15) is 23.2 Å². The van der Waals surface area contributed by atoms with E-state index in [0.29, 0.717) is 45.0 Å². The van der Waals surface area contributed by atoms with Gasteiger partial charge in [0.25, 0.3) is 15.9 Å². The first-order chi connectivity index (χ1) is 19.9. The number of carbonyl (C=O) groups excluding carboxylic acids is 1. The van der Waals surface area contributed by atoms with Crippen LogP contribution in [0, 0.1) is 0 Å². The number of rotatable bonds is 8. The summed E-state index contributed by atoms with van der Waals surface area (Å²) in [5.41, 5.74) is 3.28. The molecular weight excluding hydrogens is 592 g/mol. The number of carbonyl (C=O) groups is 1. The fourth-order valence-electron chi connectivity index (χ4n) is 5.01. The number of amides is 1. The van der Waals surface area contributed by atoms with Crippen molar-refractivity contribution in [3.8, 4) is 16.3 Å². The molecule has 11 heteroatoms. The highest BCUT2D eigenvalue weighted by Gasteiger charge is 2.25. The van der Waals surface area contributed by atoms with E-state index in [1.54, 1.807) is 60.9 Å². The molecule has 8 nitrogen and oxygen atoms in total. The van der Waals surface area contributed by atoms with E-state index in [1.165, 1.54) is 6.07 Å². The lowest BCUT2D eigenvalue weighted by Gasteiger charge is -2.22. The summed E-state index contributed by atoms with van der Waals surface area (Å²) < 4.78 is 35.3. The number of benzene rings is 3. The van der Waals surface area contributed by atoms with Gasteiger partial charge in [0.15, 0.2) is 0 Å². The third kappa shape index (κ3) is 6.06. The number of anilines is 3. The maximum absolute atomic E-state index is 13.7. The van der Waals surface area contributed by atoms with Gasteiger partial charge in [0.2, 0.25) is 0 Å². The van der Waals surface area contributed by atoms with Crippen LogP contribution in [0.3, 0.4) is 0 Å². The number of thiophene rings is 1. The molecule has 0 radical (unpaired) electrons. The highest BCUT2D eigenvalue weighted by Crippen LogP contribution is 2.33. The summed E-state index contributed by atoms with van der Waals surface area (Å²) in [5, 5.41) is 5.63. The molecule has 0 unspecified atom stereocenters. The van der Waals surface area contributed by atoms with E-state index in [4.69, 9.17) is 9.72 Å². The van der Waals surface area contributed by atoms with Crippen LogP contribution in [0.5, 0.6) is 5.75 Å². The first-order valence-corrected chi connectivity index (χ1v) is 15.6. The lowest BCUT2D eigenvalue weighted by Crippen LogP contribution is -2.23. The standard InChI is InChI=1S/C31H28N4O4S2.ClH/c1-39-23-13-10-21(11-14-23)34-41(37,38)30-19-22(12-15-28(30)35-16-4-5-17-35)32-31(36)25-20-27(29-9-6-18-40-29)33-26-8-3-2-7-24(25)26;/h2-3,6-15,18-20,34H,4-5,16-17H2,1H3,(H,32,36);1H.